The van der Waals surface area contributed by atoms with Gasteiger partial charge in [0.1, 0.15) is 6.04 Å². The summed E-state index contributed by atoms with van der Waals surface area (Å²) in [6.45, 7) is 15.3. The molecule has 0 spiro atoms. The first kappa shape index (κ1) is 27.2. The van der Waals surface area contributed by atoms with Gasteiger partial charge in [-0.1, -0.05) is 68.0 Å². The number of anilines is 1. The lowest BCUT2D eigenvalue weighted by molar-refractivity contribution is -0.124. The second kappa shape index (κ2) is 15.0. The van der Waals surface area contributed by atoms with Crippen LogP contribution in [0.15, 0.2) is 66.8 Å². The Kier molecular flexibility index (Phi) is 12.7. The fraction of sp³-hybridized carbons (Fsp3) is 0.429. The molecule has 1 rings (SSSR count). The highest BCUT2D eigenvalue weighted by molar-refractivity contribution is 5.96. The maximum absolute atomic E-state index is 11.9. The number of benzene rings is 1. The third-order valence-corrected chi connectivity index (χ3v) is 5.32. The zero-order valence-electron chi connectivity index (χ0n) is 20.3. The molecule has 0 aliphatic rings. The summed E-state index contributed by atoms with van der Waals surface area (Å²) >= 11 is 0. The molecule has 1 atom stereocenters. The number of aryl methyl sites for hydroxylation is 2. The Morgan fingerprint density at radius 1 is 1.06 bits per heavy atom. The molecule has 1 aromatic rings. The fourth-order valence-electron chi connectivity index (χ4n) is 3.29. The number of amides is 1. The van der Waals surface area contributed by atoms with E-state index in [0.29, 0.717) is 12.1 Å². The van der Waals surface area contributed by atoms with Crippen molar-refractivity contribution in [2.24, 2.45) is 0 Å². The fourth-order valence-corrected chi connectivity index (χ4v) is 3.29. The van der Waals surface area contributed by atoms with E-state index in [1.807, 2.05) is 25.2 Å². The van der Waals surface area contributed by atoms with Gasteiger partial charge in [-0.25, -0.2) is 0 Å². The van der Waals surface area contributed by atoms with Gasteiger partial charge in [-0.15, -0.1) is 0 Å². The molecule has 0 saturated heterocycles. The van der Waals surface area contributed by atoms with Gasteiger partial charge in [0.25, 0.3) is 0 Å². The van der Waals surface area contributed by atoms with E-state index in [2.05, 4.69) is 55.0 Å². The molecule has 4 heteroatoms. The average Bonchev–Trinajstić information content (AvgIpc) is 2.74. The third-order valence-electron chi connectivity index (χ3n) is 5.32. The van der Waals surface area contributed by atoms with Crippen LogP contribution in [0, 0.1) is 6.92 Å². The molecule has 0 bridgehead atoms. The van der Waals surface area contributed by atoms with Gasteiger partial charge in [0.2, 0.25) is 5.91 Å². The van der Waals surface area contributed by atoms with Crippen LogP contribution in [0.1, 0.15) is 64.0 Å². The SMILES string of the molecule is C=C(/C=C\C=C/C)CCCCCCc1ccc(NC[C@H](NC(=O)C(=C)C)C(C)=O)c(C)c1. The molecule has 1 aromatic carbocycles. The molecule has 0 aliphatic heterocycles. The lowest BCUT2D eigenvalue weighted by Crippen LogP contribution is -2.44. The second-order valence-corrected chi connectivity index (χ2v) is 8.40. The minimum Gasteiger partial charge on any atom is -0.382 e. The van der Waals surface area contributed by atoms with Crippen LogP contribution in [0.4, 0.5) is 5.69 Å². The lowest BCUT2D eigenvalue weighted by atomic mass is 10.0. The quantitative estimate of drug-likeness (QED) is 0.194. The van der Waals surface area contributed by atoms with Gasteiger partial charge in [-0.05, 0) is 70.6 Å². The first-order valence-electron chi connectivity index (χ1n) is 11.5. The first-order valence-corrected chi connectivity index (χ1v) is 11.5. The molecule has 0 radical (unpaired) electrons. The molecule has 0 saturated carbocycles. The molecule has 32 heavy (non-hydrogen) atoms. The summed E-state index contributed by atoms with van der Waals surface area (Å²) < 4.78 is 0. The third kappa shape index (κ3) is 10.9. The second-order valence-electron chi connectivity index (χ2n) is 8.40. The van der Waals surface area contributed by atoms with Gasteiger partial charge in [0.05, 0.1) is 0 Å². The molecule has 2 N–H and O–H groups in total. The molecule has 0 aromatic heterocycles. The van der Waals surface area contributed by atoms with Crippen molar-refractivity contribution in [1.29, 1.82) is 0 Å². The van der Waals surface area contributed by atoms with Crippen molar-refractivity contribution in [1.82, 2.24) is 5.32 Å². The minimum atomic E-state index is -0.576. The van der Waals surface area contributed by atoms with Crippen molar-refractivity contribution >= 4 is 17.4 Å². The van der Waals surface area contributed by atoms with Gasteiger partial charge in [-0.2, -0.15) is 0 Å². The highest BCUT2D eigenvalue weighted by Crippen LogP contribution is 2.19. The van der Waals surface area contributed by atoms with Gasteiger partial charge < -0.3 is 10.6 Å². The summed E-state index contributed by atoms with van der Waals surface area (Å²) in [5.41, 5.74) is 5.02. The van der Waals surface area contributed by atoms with Crippen molar-refractivity contribution in [3.8, 4) is 0 Å². The predicted octanol–water partition coefficient (Wildman–Crippen LogP) is 6.24. The van der Waals surface area contributed by atoms with Crippen LogP contribution in [0.25, 0.3) is 0 Å². The number of Topliss-reactive ketones (excluding diaryl/α,β-unsaturated/α-hetero) is 1. The van der Waals surface area contributed by atoms with E-state index < -0.39 is 6.04 Å². The molecular weight excluding hydrogens is 396 g/mol. The molecule has 0 aliphatic carbocycles. The van der Waals surface area contributed by atoms with Crippen molar-refractivity contribution in [3.63, 3.8) is 0 Å². The van der Waals surface area contributed by atoms with Crippen LogP contribution in [0.3, 0.4) is 0 Å². The number of unbranched alkanes of at least 4 members (excludes halogenated alkanes) is 3. The number of ketones is 1. The van der Waals surface area contributed by atoms with Gasteiger partial charge in [-0.3, -0.25) is 9.59 Å². The zero-order chi connectivity index (χ0) is 23.9. The molecule has 0 fully saturated rings. The number of rotatable bonds is 15. The topological polar surface area (TPSA) is 58.2 Å². The summed E-state index contributed by atoms with van der Waals surface area (Å²) in [4.78, 5) is 23.7. The van der Waals surface area contributed by atoms with Crippen LogP contribution in [0.5, 0.6) is 0 Å². The van der Waals surface area contributed by atoms with Gasteiger partial charge >= 0.3 is 0 Å². The van der Waals surface area contributed by atoms with Crippen LogP contribution in [-0.4, -0.2) is 24.3 Å². The standard InChI is InChI=1S/C28H40N2O2/c1-7-8-11-14-22(4)15-12-9-10-13-16-25-17-18-26(23(5)19-25)29-20-27(24(6)31)30-28(32)21(2)3/h7-8,11,14,17-19,27,29H,2,4,9-10,12-13,15-16,20H2,1,3,5-6H3,(H,30,32)/b8-7-,14-11-/t27-/m0/s1. The summed E-state index contributed by atoms with van der Waals surface area (Å²) in [7, 11) is 0. The largest absolute Gasteiger partial charge is 0.382 e. The average molecular weight is 437 g/mol. The minimum absolute atomic E-state index is 0.0845. The summed E-state index contributed by atoms with van der Waals surface area (Å²) in [6.07, 6.45) is 15.1. The van der Waals surface area contributed by atoms with Gasteiger partial charge in [0.15, 0.2) is 5.78 Å². The van der Waals surface area contributed by atoms with E-state index in [1.54, 1.807) is 6.92 Å². The number of hydrogen-bond acceptors (Lipinski definition) is 3. The van der Waals surface area contributed by atoms with E-state index in [0.717, 1.165) is 24.1 Å². The van der Waals surface area contributed by atoms with E-state index in [1.165, 1.54) is 43.7 Å². The monoisotopic (exact) mass is 436 g/mol. The summed E-state index contributed by atoms with van der Waals surface area (Å²) in [5.74, 6) is -0.382. The van der Waals surface area contributed by atoms with Crippen molar-refractivity contribution in [3.05, 3.63) is 77.9 Å². The van der Waals surface area contributed by atoms with Crippen LogP contribution in [0.2, 0.25) is 0 Å². The molecule has 174 valence electrons. The molecule has 1 amide bonds. The molecule has 0 unspecified atom stereocenters. The highest BCUT2D eigenvalue weighted by atomic mass is 16.2. The van der Waals surface area contributed by atoms with Crippen molar-refractivity contribution < 1.29 is 9.59 Å². The zero-order valence-corrected chi connectivity index (χ0v) is 20.3. The first-order chi connectivity index (χ1) is 15.2. The molecular formula is C28H40N2O2. The summed E-state index contributed by atoms with van der Waals surface area (Å²) in [5, 5.41) is 6.01. The Morgan fingerprint density at radius 2 is 1.78 bits per heavy atom. The molecule has 0 heterocycles. The van der Waals surface area contributed by atoms with E-state index in [9.17, 15) is 9.59 Å². The van der Waals surface area contributed by atoms with E-state index in [4.69, 9.17) is 0 Å². The smallest absolute Gasteiger partial charge is 0.246 e. The maximum Gasteiger partial charge on any atom is 0.246 e. The Hall–Kier alpha value is -2.88. The Morgan fingerprint density at radius 3 is 2.41 bits per heavy atom. The van der Waals surface area contributed by atoms with E-state index in [-0.39, 0.29) is 11.7 Å². The number of hydrogen-bond donors (Lipinski definition) is 2. The van der Waals surface area contributed by atoms with E-state index >= 15 is 0 Å². The van der Waals surface area contributed by atoms with Crippen molar-refractivity contribution in [2.45, 2.75) is 72.3 Å². The Bertz CT molecular complexity index is 849. The highest BCUT2D eigenvalue weighted by Gasteiger charge is 2.17. The Labute approximate surface area is 194 Å². The molecule has 4 nitrogen and oxygen atoms in total. The summed E-state index contributed by atoms with van der Waals surface area (Å²) in [6, 6.07) is 5.82. The van der Waals surface area contributed by atoms with Crippen molar-refractivity contribution in [2.75, 3.05) is 11.9 Å². The van der Waals surface area contributed by atoms with Crippen LogP contribution in [-0.2, 0) is 16.0 Å². The van der Waals surface area contributed by atoms with Crippen LogP contribution < -0.4 is 10.6 Å². The number of carbonyl (C=O) groups excluding carboxylic acids is 2. The lowest BCUT2D eigenvalue weighted by Gasteiger charge is -2.18. The number of allylic oxidation sites excluding steroid dienone is 5. The predicted molar refractivity (Wildman–Crippen MR) is 137 cm³/mol. The Balaban J connectivity index is 2.41. The maximum atomic E-state index is 11.9. The van der Waals surface area contributed by atoms with Crippen LogP contribution >= 0.6 is 0 Å². The normalized spacial score (nSPS) is 12.1. The number of carbonyl (C=O) groups is 2. The number of nitrogens with one attached hydrogen (secondary N) is 2. The van der Waals surface area contributed by atoms with Gasteiger partial charge in [0, 0.05) is 17.8 Å².